The molecular formula is C32H44ClN5O. The summed E-state index contributed by atoms with van der Waals surface area (Å²) < 4.78 is 0. The highest BCUT2D eigenvalue weighted by atomic mass is 35.5. The number of allylic oxidation sites excluding steroid dienone is 1. The number of nitrogens with two attached hydrogens (primary N) is 1. The number of amides is 1. The minimum absolute atomic E-state index is 0.0897. The van der Waals surface area contributed by atoms with E-state index in [1.165, 1.54) is 64.2 Å². The van der Waals surface area contributed by atoms with E-state index < -0.39 is 0 Å². The Hall–Kier alpha value is -3.12. The first-order valence-electron chi connectivity index (χ1n) is 14.4. The molecule has 1 amide bonds. The van der Waals surface area contributed by atoms with E-state index in [-0.39, 0.29) is 11.3 Å². The monoisotopic (exact) mass is 549 g/mol. The normalized spacial score (nSPS) is 17.2. The first kappa shape index (κ1) is 28.9. The van der Waals surface area contributed by atoms with E-state index in [0.29, 0.717) is 40.2 Å². The molecule has 0 heterocycles. The van der Waals surface area contributed by atoms with Crippen molar-refractivity contribution in [3.63, 3.8) is 0 Å². The van der Waals surface area contributed by atoms with Crippen molar-refractivity contribution in [3.05, 3.63) is 77.2 Å². The average molecular weight is 550 g/mol. The van der Waals surface area contributed by atoms with Crippen molar-refractivity contribution in [3.8, 4) is 0 Å². The van der Waals surface area contributed by atoms with Crippen LogP contribution in [0.25, 0.3) is 0 Å². The van der Waals surface area contributed by atoms with Gasteiger partial charge in [0, 0.05) is 29.8 Å². The third-order valence-electron chi connectivity index (χ3n) is 8.38. The highest BCUT2D eigenvalue weighted by molar-refractivity contribution is 6.33. The summed E-state index contributed by atoms with van der Waals surface area (Å²) in [7, 11) is 0. The van der Waals surface area contributed by atoms with Crippen LogP contribution in [0, 0.1) is 11.3 Å². The Kier molecular flexibility index (Phi) is 9.84. The number of rotatable bonds is 11. The third-order valence-corrected chi connectivity index (χ3v) is 8.71. The average Bonchev–Trinajstić information content (AvgIpc) is 2.94. The van der Waals surface area contributed by atoms with Crippen LogP contribution in [0.5, 0.6) is 0 Å². The zero-order valence-electron chi connectivity index (χ0n) is 23.3. The molecule has 2 fully saturated rings. The fourth-order valence-corrected chi connectivity index (χ4v) is 5.90. The Morgan fingerprint density at radius 2 is 1.64 bits per heavy atom. The Bertz CT molecular complexity index is 1180. The molecule has 0 bridgehead atoms. The number of hydrogen-bond donors (Lipinski definition) is 5. The Balaban J connectivity index is 1.30. The molecule has 2 aromatic carbocycles. The lowest BCUT2D eigenvalue weighted by atomic mass is 9.73. The van der Waals surface area contributed by atoms with Crippen LogP contribution in [0.15, 0.2) is 61.1 Å². The summed E-state index contributed by atoms with van der Waals surface area (Å²) in [4.78, 5) is 12.6. The van der Waals surface area contributed by atoms with Gasteiger partial charge in [0.1, 0.15) is 5.82 Å². The maximum Gasteiger partial charge on any atom is 0.251 e. The summed E-state index contributed by atoms with van der Waals surface area (Å²) in [6, 6.07) is 11.2. The summed E-state index contributed by atoms with van der Waals surface area (Å²) in [6.07, 6.45) is 12.4. The molecule has 2 aliphatic carbocycles. The fourth-order valence-electron chi connectivity index (χ4n) is 5.74. The van der Waals surface area contributed by atoms with E-state index in [4.69, 9.17) is 17.3 Å². The fraction of sp³-hybridized carbons (Fsp3) is 0.469. The summed E-state index contributed by atoms with van der Waals surface area (Å²) in [5, 5.41) is 13.7. The number of anilines is 3. The number of carbonyl (C=O) groups excluding carboxylic acids is 1. The molecule has 210 valence electrons. The second-order valence-electron chi connectivity index (χ2n) is 11.5. The van der Waals surface area contributed by atoms with Crippen LogP contribution < -0.4 is 27.0 Å². The topological polar surface area (TPSA) is 91.2 Å². The van der Waals surface area contributed by atoms with Crippen LogP contribution in [0.4, 0.5) is 17.1 Å². The molecule has 2 aliphatic rings. The molecule has 2 aromatic rings. The van der Waals surface area contributed by atoms with Gasteiger partial charge in [-0.25, -0.2) is 0 Å². The highest BCUT2D eigenvalue weighted by Gasteiger charge is 2.29. The molecule has 0 aliphatic heterocycles. The van der Waals surface area contributed by atoms with E-state index in [1.807, 2.05) is 18.2 Å². The zero-order valence-corrected chi connectivity index (χ0v) is 24.1. The van der Waals surface area contributed by atoms with Crippen molar-refractivity contribution in [1.29, 1.82) is 0 Å². The van der Waals surface area contributed by atoms with Gasteiger partial charge in [-0.05, 0) is 67.5 Å². The van der Waals surface area contributed by atoms with Gasteiger partial charge >= 0.3 is 0 Å². The van der Waals surface area contributed by atoms with Gasteiger partial charge in [0.25, 0.3) is 5.91 Å². The maximum absolute atomic E-state index is 12.6. The summed E-state index contributed by atoms with van der Waals surface area (Å²) in [5.41, 5.74) is 11.1. The third kappa shape index (κ3) is 7.95. The lowest BCUT2D eigenvalue weighted by molar-refractivity contribution is 0.0943. The Morgan fingerprint density at radius 3 is 2.36 bits per heavy atom. The maximum atomic E-state index is 12.6. The number of nitrogen functional groups attached to an aromatic ring is 1. The molecule has 0 unspecified atom stereocenters. The van der Waals surface area contributed by atoms with Crippen molar-refractivity contribution in [1.82, 2.24) is 10.6 Å². The predicted molar refractivity (Wildman–Crippen MR) is 165 cm³/mol. The van der Waals surface area contributed by atoms with Crippen molar-refractivity contribution in [2.45, 2.75) is 77.7 Å². The van der Waals surface area contributed by atoms with Gasteiger partial charge in [-0.1, -0.05) is 76.3 Å². The van der Waals surface area contributed by atoms with E-state index >= 15 is 0 Å². The molecule has 7 heteroatoms. The van der Waals surface area contributed by atoms with E-state index in [1.54, 1.807) is 18.2 Å². The minimum atomic E-state index is -0.0897. The van der Waals surface area contributed by atoms with Gasteiger partial charge in [-0.15, -0.1) is 0 Å². The second-order valence-corrected chi connectivity index (χ2v) is 11.9. The molecular weight excluding hydrogens is 506 g/mol. The first-order chi connectivity index (χ1) is 18.7. The predicted octanol–water partition coefficient (Wildman–Crippen LogP) is 7.80. The van der Waals surface area contributed by atoms with Crippen LogP contribution >= 0.6 is 11.6 Å². The number of nitrogens with one attached hydrogen (secondary N) is 4. The SMILES string of the molecule is C=C(Nc1ccc(C(=O)NCC2CCCCC2)cc1N)Nc1cc(CNC(=C)C2(C)CCCCC2)ccc1Cl. The highest BCUT2D eigenvalue weighted by Crippen LogP contribution is 2.40. The first-order valence-corrected chi connectivity index (χ1v) is 14.7. The van der Waals surface area contributed by atoms with Crippen molar-refractivity contribution in [2.24, 2.45) is 11.3 Å². The number of halogens is 1. The summed E-state index contributed by atoms with van der Waals surface area (Å²) in [6.45, 7) is 12.2. The van der Waals surface area contributed by atoms with Crippen LogP contribution in [0.2, 0.25) is 5.02 Å². The quantitative estimate of drug-likeness (QED) is 0.184. The molecule has 2 saturated carbocycles. The van der Waals surface area contributed by atoms with Gasteiger partial charge < -0.3 is 27.0 Å². The van der Waals surface area contributed by atoms with Crippen LogP contribution in [-0.2, 0) is 6.54 Å². The summed E-state index contributed by atoms with van der Waals surface area (Å²) >= 11 is 6.48. The number of benzene rings is 2. The zero-order chi connectivity index (χ0) is 27.8. The van der Waals surface area contributed by atoms with Crippen LogP contribution in [0.3, 0.4) is 0 Å². The number of carbonyl (C=O) groups is 1. The molecule has 39 heavy (non-hydrogen) atoms. The summed E-state index contributed by atoms with van der Waals surface area (Å²) in [5.74, 6) is 1.02. The van der Waals surface area contributed by atoms with Crippen molar-refractivity contribution >= 4 is 34.6 Å². The molecule has 6 N–H and O–H groups in total. The van der Waals surface area contributed by atoms with E-state index in [2.05, 4.69) is 41.3 Å². The van der Waals surface area contributed by atoms with Gasteiger partial charge in [0.15, 0.2) is 0 Å². The lowest BCUT2D eigenvalue weighted by Crippen LogP contribution is -2.30. The molecule has 0 atom stereocenters. The van der Waals surface area contributed by atoms with Gasteiger partial charge in [0.2, 0.25) is 0 Å². The van der Waals surface area contributed by atoms with Crippen LogP contribution in [0.1, 0.15) is 87.1 Å². The largest absolute Gasteiger partial charge is 0.397 e. The van der Waals surface area contributed by atoms with Gasteiger partial charge in [0.05, 0.1) is 22.1 Å². The Morgan fingerprint density at radius 1 is 0.949 bits per heavy atom. The van der Waals surface area contributed by atoms with Gasteiger partial charge in [-0.3, -0.25) is 4.79 Å². The van der Waals surface area contributed by atoms with E-state index in [9.17, 15) is 4.79 Å². The minimum Gasteiger partial charge on any atom is -0.397 e. The smallest absolute Gasteiger partial charge is 0.251 e. The number of hydrogen-bond acceptors (Lipinski definition) is 5. The molecule has 0 aromatic heterocycles. The lowest BCUT2D eigenvalue weighted by Gasteiger charge is -2.36. The second kappa shape index (κ2) is 13.3. The Labute approximate surface area is 238 Å². The van der Waals surface area contributed by atoms with Crippen molar-refractivity contribution < 1.29 is 4.79 Å². The molecule has 6 nitrogen and oxygen atoms in total. The standard InChI is InChI=1S/C32H44ClN5O/c1-22(32(3)16-8-5-9-17-32)35-21-25-12-14-27(33)30(18-25)38-23(2)37-29-15-13-26(19-28(29)34)31(39)36-20-24-10-6-4-7-11-24/h12-15,18-19,24,35,37-38H,1-2,4-11,16-17,20-21,34H2,3H3,(H,36,39). The van der Waals surface area contributed by atoms with Crippen molar-refractivity contribution in [2.75, 3.05) is 22.9 Å². The molecule has 4 rings (SSSR count). The molecule has 0 radical (unpaired) electrons. The molecule has 0 saturated heterocycles. The van der Waals surface area contributed by atoms with Gasteiger partial charge in [-0.2, -0.15) is 0 Å². The molecule has 0 spiro atoms. The van der Waals surface area contributed by atoms with Crippen LogP contribution in [-0.4, -0.2) is 12.5 Å². The van der Waals surface area contributed by atoms with E-state index in [0.717, 1.165) is 23.5 Å².